The van der Waals surface area contributed by atoms with Gasteiger partial charge in [0.25, 0.3) is 0 Å². The van der Waals surface area contributed by atoms with Crippen LogP contribution < -0.4 is 4.72 Å². The molecule has 3 rings (SSSR count). The molecule has 7 heteroatoms. The lowest BCUT2D eigenvalue weighted by Crippen LogP contribution is -2.26. The molecular formula is C19H20ClN3O2S. The first-order chi connectivity index (χ1) is 12.4. The maximum atomic E-state index is 12.5. The average Bonchev–Trinajstić information content (AvgIpc) is 3.04. The second-order valence-corrected chi connectivity index (χ2v) is 8.19. The molecule has 26 heavy (non-hydrogen) atoms. The maximum absolute atomic E-state index is 12.5. The first-order valence-corrected chi connectivity index (χ1v) is 10.1. The summed E-state index contributed by atoms with van der Waals surface area (Å²) in [6.45, 7) is 2.02. The van der Waals surface area contributed by atoms with Crippen molar-refractivity contribution in [3.8, 4) is 11.3 Å². The predicted octanol–water partition coefficient (Wildman–Crippen LogP) is 3.57. The average molecular weight is 390 g/mol. The number of hydrogen-bond acceptors (Lipinski definition) is 3. The molecule has 2 aromatic carbocycles. The van der Waals surface area contributed by atoms with Gasteiger partial charge in [0, 0.05) is 24.8 Å². The van der Waals surface area contributed by atoms with Crippen molar-refractivity contribution in [3.05, 3.63) is 70.9 Å². The van der Waals surface area contributed by atoms with Crippen LogP contribution in [0.5, 0.6) is 0 Å². The fraction of sp³-hybridized carbons (Fsp3) is 0.211. The molecule has 0 saturated carbocycles. The molecule has 0 aliphatic carbocycles. The highest BCUT2D eigenvalue weighted by atomic mass is 35.5. The van der Waals surface area contributed by atoms with E-state index in [1.54, 1.807) is 31.3 Å². The van der Waals surface area contributed by atoms with Gasteiger partial charge in [0.1, 0.15) is 0 Å². The highest BCUT2D eigenvalue weighted by Gasteiger charge is 2.17. The van der Waals surface area contributed by atoms with E-state index in [9.17, 15) is 8.42 Å². The van der Waals surface area contributed by atoms with Crippen molar-refractivity contribution in [1.29, 1.82) is 0 Å². The van der Waals surface area contributed by atoms with Crippen LogP contribution >= 0.6 is 11.6 Å². The number of halogens is 1. The smallest absolute Gasteiger partial charge is 0.240 e. The summed E-state index contributed by atoms with van der Waals surface area (Å²) >= 11 is 6.02. The number of sulfonamides is 1. The molecule has 0 unspecified atom stereocenters. The lowest BCUT2D eigenvalue weighted by Gasteiger charge is -2.10. The monoisotopic (exact) mass is 389 g/mol. The fourth-order valence-electron chi connectivity index (χ4n) is 2.79. The van der Waals surface area contributed by atoms with E-state index in [-0.39, 0.29) is 4.90 Å². The minimum Gasteiger partial charge on any atom is -0.268 e. The zero-order chi connectivity index (χ0) is 18.7. The van der Waals surface area contributed by atoms with Crippen LogP contribution in [0, 0.1) is 6.92 Å². The summed E-state index contributed by atoms with van der Waals surface area (Å²) in [6, 6.07) is 14.9. The zero-order valence-corrected chi connectivity index (χ0v) is 16.2. The fourth-order valence-corrected chi connectivity index (χ4v) is 4.31. The van der Waals surface area contributed by atoms with Crippen LogP contribution in [-0.4, -0.2) is 24.7 Å². The minimum absolute atomic E-state index is 0.219. The quantitative estimate of drug-likeness (QED) is 0.700. The van der Waals surface area contributed by atoms with E-state index in [1.165, 1.54) is 0 Å². The highest BCUT2D eigenvalue weighted by molar-refractivity contribution is 7.89. The second kappa shape index (κ2) is 7.61. The number of benzene rings is 2. The van der Waals surface area contributed by atoms with Crippen LogP contribution in [0.2, 0.25) is 5.02 Å². The van der Waals surface area contributed by atoms with Crippen molar-refractivity contribution in [1.82, 2.24) is 14.5 Å². The highest BCUT2D eigenvalue weighted by Crippen LogP contribution is 2.22. The molecule has 0 radical (unpaired) electrons. The van der Waals surface area contributed by atoms with Gasteiger partial charge < -0.3 is 0 Å². The Labute approximate surface area is 158 Å². The predicted molar refractivity (Wildman–Crippen MR) is 104 cm³/mol. The molecule has 0 saturated heterocycles. The Morgan fingerprint density at radius 1 is 1.12 bits per heavy atom. The third-order valence-electron chi connectivity index (χ3n) is 4.28. The zero-order valence-electron chi connectivity index (χ0n) is 14.6. The van der Waals surface area contributed by atoms with E-state index in [2.05, 4.69) is 9.82 Å². The van der Waals surface area contributed by atoms with Gasteiger partial charge in [-0.25, -0.2) is 13.1 Å². The topological polar surface area (TPSA) is 64.0 Å². The van der Waals surface area contributed by atoms with Gasteiger partial charge >= 0.3 is 0 Å². The maximum Gasteiger partial charge on any atom is 0.240 e. The number of nitrogens with zero attached hydrogens (tertiary/aromatic N) is 2. The molecule has 0 amide bonds. The van der Waals surface area contributed by atoms with Crippen molar-refractivity contribution < 1.29 is 8.42 Å². The summed E-state index contributed by atoms with van der Waals surface area (Å²) < 4.78 is 29.4. The summed E-state index contributed by atoms with van der Waals surface area (Å²) in [6.07, 6.45) is 2.36. The molecule has 0 atom stereocenters. The summed E-state index contributed by atoms with van der Waals surface area (Å²) in [7, 11) is -1.68. The molecule has 136 valence electrons. The summed E-state index contributed by atoms with van der Waals surface area (Å²) in [4.78, 5) is 0.219. The van der Waals surface area contributed by atoms with Crippen molar-refractivity contribution in [2.45, 2.75) is 18.2 Å². The van der Waals surface area contributed by atoms with Gasteiger partial charge in [-0.05, 0) is 48.2 Å². The number of rotatable bonds is 6. The second-order valence-electron chi connectivity index (χ2n) is 6.05. The molecule has 0 bridgehead atoms. The van der Waals surface area contributed by atoms with Crippen molar-refractivity contribution in [2.75, 3.05) is 6.54 Å². The van der Waals surface area contributed by atoms with Crippen LogP contribution in [0.4, 0.5) is 0 Å². The third kappa shape index (κ3) is 3.98. The molecule has 1 heterocycles. The van der Waals surface area contributed by atoms with E-state index in [1.807, 2.05) is 42.1 Å². The third-order valence-corrected chi connectivity index (χ3v) is 6.30. The summed E-state index contributed by atoms with van der Waals surface area (Å²) in [5.74, 6) is 0. The number of aromatic nitrogens is 2. The Hall–Kier alpha value is -2.15. The van der Waals surface area contributed by atoms with Crippen molar-refractivity contribution in [3.63, 3.8) is 0 Å². The molecule has 0 aliphatic heterocycles. The molecule has 1 N–H and O–H groups in total. The molecule has 5 nitrogen and oxygen atoms in total. The molecule has 0 aliphatic rings. The lowest BCUT2D eigenvalue weighted by molar-refractivity contribution is 0.581. The van der Waals surface area contributed by atoms with E-state index < -0.39 is 10.0 Å². The summed E-state index contributed by atoms with van der Waals surface area (Å²) in [5.41, 5.74) is 3.72. The summed E-state index contributed by atoms with van der Waals surface area (Å²) in [5, 5.41) is 4.61. The molecule has 0 spiro atoms. The van der Waals surface area contributed by atoms with Crippen LogP contribution in [0.25, 0.3) is 11.3 Å². The molecule has 0 fully saturated rings. The van der Waals surface area contributed by atoms with Crippen LogP contribution in [0.1, 0.15) is 11.1 Å². The number of aryl methyl sites for hydroxylation is 1. The van der Waals surface area contributed by atoms with E-state index in [0.717, 1.165) is 16.8 Å². The SMILES string of the molecule is Cc1c(Cl)cccc1S(=O)(=O)NCCc1ccc(-c2ccnn2C)cc1. The molecule has 3 aromatic rings. The lowest BCUT2D eigenvalue weighted by atomic mass is 10.1. The van der Waals surface area contributed by atoms with Gasteiger partial charge in [-0.3, -0.25) is 4.68 Å². The minimum atomic E-state index is -3.58. The van der Waals surface area contributed by atoms with Gasteiger partial charge in [0.15, 0.2) is 0 Å². The van der Waals surface area contributed by atoms with Gasteiger partial charge in [-0.15, -0.1) is 0 Å². The Bertz CT molecular complexity index is 1010. The largest absolute Gasteiger partial charge is 0.268 e. The Morgan fingerprint density at radius 3 is 2.50 bits per heavy atom. The van der Waals surface area contributed by atoms with Gasteiger partial charge in [-0.1, -0.05) is 41.9 Å². The van der Waals surface area contributed by atoms with E-state index >= 15 is 0 Å². The van der Waals surface area contributed by atoms with Crippen LogP contribution in [-0.2, 0) is 23.5 Å². The Balaban J connectivity index is 1.64. The normalized spacial score (nSPS) is 11.7. The van der Waals surface area contributed by atoms with Crippen LogP contribution in [0.15, 0.2) is 59.6 Å². The van der Waals surface area contributed by atoms with Gasteiger partial charge in [-0.2, -0.15) is 5.10 Å². The van der Waals surface area contributed by atoms with Gasteiger partial charge in [0.05, 0.1) is 10.6 Å². The molecule has 1 aromatic heterocycles. The Kier molecular flexibility index (Phi) is 5.46. The number of nitrogens with one attached hydrogen (secondary N) is 1. The van der Waals surface area contributed by atoms with Gasteiger partial charge in [0.2, 0.25) is 10.0 Å². The standard InChI is InChI=1S/C19H20ClN3O2S/c1-14-17(20)4-3-5-19(14)26(24,25)22-13-10-15-6-8-16(9-7-15)18-11-12-21-23(18)2/h3-9,11-12,22H,10,13H2,1-2H3. The van der Waals surface area contributed by atoms with Crippen molar-refractivity contribution in [2.24, 2.45) is 7.05 Å². The van der Waals surface area contributed by atoms with E-state index in [4.69, 9.17) is 11.6 Å². The number of hydrogen-bond donors (Lipinski definition) is 1. The van der Waals surface area contributed by atoms with Crippen molar-refractivity contribution >= 4 is 21.6 Å². The molecular weight excluding hydrogens is 370 g/mol. The Morgan fingerprint density at radius 2 is 1.85 bits per heavy atom. The first kappa shape index (κ1) is 18.6. The van der Waals surface area contributed by atoms with Crippen LogP contribution in [0.3, 0.4) is 0 Å². The first-order valence-electron chi connectivity index (χ1n) is 8.20. The van der Waals surface area contributed by atoms with E-state index in [0.29, 0.717) is 23.6 Å².